The minimum absolute atomic E-state index is 0.168. The van der Waals surface area contributed by atoms with Crippen LogP contribution in [-0.2, 0) is 21.0 Å². The summed E-state index contributed by atoms with van der Waals surface area (Å²) in [5.74, 6) is 0.132. The molecule has 1 amide bonds. The number of sulfone groups is 1. The number of hydrogen-bond acceptors (Lipinski definition) is 5. The number of amides is 1. The van der Waals surface area contributed by atoms with Crippen LogP contribution >= 0.6 is 0 Å². The van der Waals surface area contributed by atoms with E-state index in [1.807, 2.05) is 0 Å². The largest absolute Gasteiger partial charge is 0.444 e. The Morgan fingerprint density at radius 1 is 1.20 bits per heavy atom. The number of halogens is 1. The SMILES string of the molecule is CC(C)(C)OC(=O)NCCc1nc2cc(F)ccc2n1-c1cccc(S(C)(=O)=O)c1. The predicted molar refractivity (Wildman–Crippen MR) is 112 cm³/mol. The fraction of sp³-hybridized carbons (Fsp3) is 0.333. The molecular weight excluding hydrogens is 409 g/mol. The van der Waals surface area contributed by atoms with E-state index in [2.05, 4.69) is 10.3 Å². The van der Waals surface area contributed by atoms with Crippen LogP contribution in [0.2, 0.25) is 0 Å². The molecule has 9 heteroatoms. The summed E-state index contributed by atoms with van der Waals surface area (Å²) in [6, 6.07) is 10.7. The fourth-order valence-electron chi connectivity index (χ4n) is 3.00. The maximum absolute atomic E-state index is 13.7. The number of nitrogens with zero attached hydrogens (tertiary/aromatic N) is 2. The van der Waals surface area contributed by atoms with Crippen molar-refractivity contribution in [1.29, 1.82) is 0 Å². The molecule has 0 aliphatic heterocycles. The summed E-state index contributed by atoms with van der Waals surface area (Å²) in [6.45, 7) is 5.56. The van der Waals surface area contributed by atoms with E-state index in [0.717, 1.165) is 6.26 Å². The molecule has 7 nitrogen and oxygen atoms in total. The van der Waals surface area contributed by atoms with Gasteiger partial charge in [0.25, 0.3) is 0 Å². The zero-order valence-corrected chi connectivity index (χ0v) is 18.1. The normalized spacial score (nSPS) is 12.2. The molecule has 2 aromatic carbocycles. The van der Waals surface area contributed by atoms with E-state index in [1.54, 1.807) is 49.6 Å². The van der Waals surface area contributed by atoms with Gasteiger partial charge in [0.05, 0.1) is 15.9 Å². The summed E-state index contributed by atoms with van der Waals surface area (Å²) < 4.78 is 44.6. The first-order chi connectivity index (χ1) is 13.9. The predicted octanol–water partition coefficient (Wildman–Crippen LogP) is 3.64. The van der Waals surface area contributed by atoms with Crippen molar-refractivity contribution in [3.05, 3.63) is 54.1 Å². The van der Waals surface area contributed by atoms with Gasteiger partial charge < -0.3 is 10.1 Å². The Bertz CT molecular complexity index is 1200. The van der Waals surface area contributed by atoms with Gasteiger partial charge in [0.2, 0.25) is 0 Å². The summed E-state index contributed by atoms with van der Waals surface area (Å²) in [5.41, 5.74) is 1.04. The van der Waals surface area contributed by atoms with Crippen LogP contribution in [-0.4, -0.2) is 42.5 Å². The Morgan fingerprint density at radius 3 is 2.60 bits per heavy atom. The number of benzene rings is 2. The van der Waals surface area contributed by atoms with Gasteiger partial charge in [-0.3, -0.25) is 4.57 Å². The Morgan fingerprint density at radius 2 is 1.93 bits per heavy atom. The summed E-state index contributed by atoms with van der Waals surface area (Å²) in [5, 5.41) is 2.67. The number of hydrogen-bond donors (Lipinski definition) is 1. The van der Waals surface area contributed by atoms with Gasteiger partial charge in [-0.2, -0.15) is 0 Å². The van der Waals surface area contributed by atoms with E-state index < -0.39 is 27.3 Å². The number of carbonyl (C=O) groups is 1. The lowest BCUT2D eigenvalue weighted by Gasteiger charge is -2.19. The monoisotopic (exact) mass is 433 g/mol. The van der Waals surface area contributed by atoms with Crippen LogP contribution in [0.3, 0.4) is 0 Å². The van der Waals surface area contributed by atoms with Crippen LogP contribution in [0.25, 0.3) is 16.7 Å². The lowest BCUT2D eigenvalue weighted by Crippen LogP contribution is -2.33. The van der Waals surface area contributed by atoms with Gasteiger partial charge in [0, 0.05) is 31.0 Å². The molecule has 0 saturated heterocycles. The average Bonchev–Trinajstić information content (AvgIpc) is 2.96. The summed E-state index contributed by atoms with van der Waals surface area (Å²) in [6.07, 6.45) is 0.924. The Kier molecular flexibility index (Phi) is 5.85. The smallest absolute Gasteiger partial charge is 0.407 e. The third-order valence-electron chi connectivity index (χ3n) is 4.21. The lowest BCUT2D eigenvalue weighted by atomic mass is 10.2. The van der Waals surface area contributed by atoms with Crippen LogP contribution < -0.4 is 5.32 Å². The highest BCUT2D eigenvalue weighted by Crippen LogP contribution is 2.24. The molecule has 0 aliphatic carbocycles. The second-order valence-electron chi connectivity index (χ2n) is 7.94. The molecule has 1 heterocycles. The number of nitrogens with one attached hydrogen (secondary N) is 1. The number of carbonyl (C=O) groups excluding carboxylic acids is 1. The molecule has 0 aliphatic rings. The highest BCUT2D eigenvalue weighted by Gasteiger charge is 2.18. The molecule has 1 aromatic heterocycles. The van der Waals surface area contributed by atoms with Crippen molar-refractivity contribution in [2.75, 3.05) is 12.8 Å². The molecule has 0 bridgehead atoms. The Hall–Kier alpha value is -2.94. The van der Waals surface area contributed by atoms with Crippen molar-refractivity contribution in [3.8, 4) is 5.69 Å². The van der Waals surface area contributed by atoms with E-state index in [-0.39, 0.29) is 11.4 Å². The molecule has 0 spiro atoms. The van der Waals surface area contributed by atoms with E-state index >= 15 is 0 Å². The first kappa shape index (κ1) is 21.8. The van der Waals surface area contributed by atoms with Crippen LogP contribution in [0.15, 0.2) is 47.4 Å². The zero-order valence-electron chi connectivity index (χ0n) is 17.3. The molecule has 0 atom stereocenters. The number of fused-ring (bicyclic) bond motifs is 1. The van der Waals surface area contributed by atoms with Gasteiger partial charge in [-0.25, -0.2) is 22.6 Å². The van der Waals surface area contributed by atoms with Crippen molar-refractivity contribution in [1.82, 2.24) is 14.9 Å². The Balaban J connectivity index is 1.96. The number of ether oxygens (including phenoxy) is 1. The van der Waals surface area contributed by atoms with Gasteiger partial charge in [-0.05, 0) is 51.1 Å². The number of imidazole rings is 1. The van der Waals surface area contributed by atoms with Gasteiger partial charge in [0.15, 0.2) is 9.84 Å². The molecule has 0 fully saturated rings. The van der Waals surface area contributed by atoms with Gasteiger partial charge in [-0.1, -0.05) is 6.07 Å². The molecule has 0 saturated carbocycles. The van der Waals surface area contributed by atoms with Crippen LogP contribution in [0.5, 0.6) is 0 Å². The van der Waals surface area contributed by atoms with Gasteiger partial charge in [-0.15, -0.1) is 0 Å². The Labute approximate surface area is 174 Å². The molecule has 0 radical (unpaired) electrons. The molecule has 0 unspecified atom stereocenters. The van der Waals surface area contributed by atoms with Gasteiger partial charge in [0.1, 0.15) is 17.2 Å². The van der Waals surface area contributed by atoms with Crippen molar-refractivity contribution < 1.29 is 22.3 Å². The lowest BCUT2D eigenvalue weighted by molar-refractivity contribution is 0.0528. The maximum Gasteiger partial charge on any atom is 0.407 e. The van der Waals surface area contributed by atoms with Crippen molar-refractivity contribution in [2.24, 2.45) is 0 Å². The second kappa shape index (κ2) is 8.06. The topological polar surface area (TPSA) is 90.3 Å². The minimum Gasteiger partial charge on any atom is -0.444 e. The van der Waals surface area contributed by atoms with E-state index in [0.29, 0.717) is 29.0 Å². The average molecular weight is 434 g/mol. The standard InChI is InChI=1S/C21H24FN3O4S/c1-21(2,3)29-20(26)23-11-10-19-24-17-12-14(22)8-9-18(17)25(19)15-6-5-7-16(13-15)30(4,27)28/h5-9,12-13H,10-11H2,1-4H3,(H,23,26). The van der Waals surface area contributed by atoms with Crippen molar-refractivity contribution in [2.45, 2.75) is 37.7 Å². The van der Waals surface area contributed by atoms with Gasteiger partial charge >= 0.3 is 6.09 Å². The highest BCUT2D eigenvalue weighted by atomic mass is 32.2. The molecule has 3 aromatic rings. The molecular formula is C21H24FN3O4S. The molecule has 160 valence electrons. The first-order valence-corrected chi connectivity index (χ1v) is 11.3. The van der Waals surface area contributed by atoms with Crippen molar-refractivity contribution in [3.63, 3.8) is 0 Å². The van der Waals surface area contributed by atoms with Crippen LogP contribution in [0.1, 0.15) is 26.6 Å². The quantitative estimate of drug-likeness (QED) is 0.664. The number of aromatic nitrogens is 2. The zero-order chi connectivity index (χ0) is 22.1. The molecule has 30 heavy (non-hydrogen) atoms. The molecule has 3 rings (SSSR count). The molecule has 1 N–H and O–H groups in total. The van der Waals surface area contributed by atoms with Crippen LogP contribution in [0, 0.1) is 5.82 Å². The summed E-state index contributed by atoms with van der Waals surface area (Å²) in [7, 11) is -3.40. The van der Waals surface area contributed by atoms with Crippen LogP contribution in [0.4, 0.5) is 9.18 Å². The third kappa shape index (κ3) is 5.15. The third-order valence-corrected chi connectivity index (χ3v) is 5.32. The summed E-state index contributed by atoms with van der Waals surface area (Å²) in [4.78, 5) is 16.6. The maximum atomic E-state index is 13.7. The highest BCUT2D eigenvalue weighted by molar-refractivity contribution is 7.90. The van der Waals surface area contributed by atoms with E-state index in [1.165, 1.54) is 18.2 Å². The summed E-state index contributed by atoms with van der Waals surface area (Å²) >= 11 is 0. The van der Waals surface area contributed by atoms with E-state index in [9.17, 15) is 17.6 Å². The fourth-order valence-corrected chi connectivity index (χ4v) is 3.66. The van der Waals surface area contributed by atoms with E-state index in [4.69, 9.17) is 4.74 Å². The second-order valence-corrected chi connectivity index (χ2v) is 9.96. The van der Waals surface area contributed by atoms with Crippen molar-refractivity contribution >= 4 is 27.0 Å². The minimum atomic E-state index is -3.40. The first-order valence-electron chi connectivity index (χ1n) is 9.38. The number of alkyl carbamates (subject to hydrolysis) is 1. The number of rotatable bonds is 5.